The number of carbonyl (C=O) groups is 2. The summed E-state index contributed by atoms with van der Waals surface area (Å²) < 4.78 is 5.43. The molecule has 2 rings (SSSR count). The van der Waals surface area contributed by atoms with Crippen LogP contribution in [0.5, 0.6) is 5.75 Å². The van der Waals surface area contributed by atoms with Crippen molar-refractivity contribution in [2.75, 3.05) is 11.9 Å². The Kier molecular flexibility index (Phi) is 7.64. The van der Waals surface area contributed by atoms with E-state index in [9.17, 15) is 9.59 Å². The van der Waals surface area contributed by atoms with Crippen molar-refractivity contribution in [3.05, 3.63) is 58.1 Å². The van der Waals surface area contributed by atoms with E-state index in [1.807, 2.05) is 25.1 Å². The predicted molar refractivity (Wildman–Crippen MR) is 108 cm³/mol. The largest absolute Gasteiger partial charge is 0.483 e. The number of carbonyl (C=O) groups excluding carboxylic acids is 2. The quantitative estimate of drug-likeness (QED) is 0.532. The van der Waals surface area contributed by atoms with E-state index < -0.39 is 5.91 Å². The van der Waals surface area contributed by atoms with E-state index in [2.05, 4.69) is 15.8 Å². The Hall–Kier alpha value is -2.57. The van der Waals surface area contributed by atoms with Crippen molar-refractivity contribution in [1.29, 1.82) is 0 Å². The summed E-state index contributed by atoms with van der Waals surface area (Å²) in [5.74, 6) is -0.0723. The predicted octanol–water partition coefficient (Wildman–Crippen LogP) is 4.20. The minimum absolute atomic E-state index is 0.0131. The highest BCUT2D eigenvalue weighted by Gasteiger charge is 2.08. The maximum Gasteiger partial charge on any atom is 0.277 e. The molecule has 0 aromatic heterocycles. The van der Waals surface area contributed by atoms with E-state index >= 15 is 0 Å². The molecule has 0 heterocycles. The molecule has 6 nitrogen and oxygen atoms in total. The lowest BCUT2D eigenvalue weighted by molar-refractivity contribution is -0.123. The summed E-state index contributed by atoms with van der Waals surface area (Å²) in [4.78, 5) is 23.8. The molecule has 0 fully saturated rings. The zero-order valence-corrected chi connectivity index (χ0v) is 16.4. The molecule has 0 radical (unpaired) electrons. The molecule has 0 aliphatic carbocycles. The molecule has 0 saturated heterocycles. The molecule has 2 aromatic carbocycles. The van der Waals surface area contributed by atoms with Crippen LogP contribution in [0.4, 0.5) is 5.69 Å². The third kappa shape index (κ3) is 6.92. The summed E-state index contributed by atoms with van der Waals surface area (Å²) in [7, 11) is 0. The lowest BCUT2D eigenvalue weighted by Gasteiger charge is -2.08. The number of amides is 2. The molecule has 0 unspecified atom stereocenters. The van der Waals surface area contributed by atoms with Gasteiger partial charge in [0.2, 0.25) is 5.91 Å². The van der Waals surface area contributed by atoms with Crippen molar-refractivity contribution >= 4 is 46.4 Å². The van der Waals surface area contributed by atoms with Crippen LogP contribution in [-0.4, -0.2) is 24.1 Å². The first kappa shape index (κ1) is 20.7. The Bertz CT molecular complexity index is 869. The molecular formula is C19H19Cl2N3O3. The molecule has 0 atom stereocenters. The molecule has 0 bridgehead atoms. The van der Waals surface area contributed by atoms with Crippen molar-refractivity contribution in [2.24, 2.45) is 5.10 Å². The summed E-state index contributed by atoms with van der Waals surface area (Å²) in [5, 5.41) is 7.34. The van der Waals surface area contributed by atoms with Crippen molar-refractivity contribution in [2.45, 2.75) is 20.3 Å². The second-order valence-corrected chi connectivity index (χ2v) is 6.60. The normalized spacial score (nSPS) is 11.0. The maximum atomic E-state index is 12.0. The van der Waals surface area contributed by atoms with Crippen LogP contribution in [0.3, 0.4) is 0 Å². The van der Waals surface area contributed by atoms with Gasteiger partial charge in [-0.1, -0.05) is 41.4 Å². The number of para-hydroxylation sites is 1. The zero-order valence-electron chi connectivity index (χ0n) is 14.9. The Labute approximate surface area is 167 Å². The first-order valence-corrected chi connectivity index (χ1v) is 8.86. The summed E-state index contributed by atoms with van der Waals surface area (Å²) in [5.41, 5.74) is 4.26. The van der Waals surface area contributed by atoms with Gasteiger partial charge in [0.05, 0.1) is 16.5 Å². The molecule has 0 spiro atoms. The van der Waals surface area contributed by atoms with E-state index in [4.69, 9.17) is 27.9 Å². The Morgan fingerprint density at radius 2 is 1.81 bits per heavy atom. The van der Waals surface area contributed by atoms with Crippen LogP contribution in [0.1, 0.15) is 18.9 Å². The lowest BCUT2D eigenvalue weighted by atomic mass is 10.2. The molecule has 0 aliphatic rings. The fourth-order valence-corrected chi connectivity index (χ4v) is 2.40. The number of nitrogens with zero attached hydrogens (tertiary/aromatic N) is 1. The highest BCUT2D eigenvalue weighted by Crippen LogP contribution is 2.25. The van der Waals surface area contributed by atoms with Gasteiger partial charge in [-0.3, -0.25) is 9.59 Å². The Balaban J connectivity index is 1.78. The number of anilines is 1. The van der Waals surface area contributed by atoms with Crippen LogP contribution in [0.2, 0.25) is 10.0 Å². The summed E-state index contributed by atoms with van der Waals surface area (Å²) in [6.07, 6.45) is 0.0131. The number of rotatable bonds is 7. The molecule has 0 aliphatic heterocycles. The summed E-state index contributed by atoms with van der Waals surface area (Å²) >= 11 is 11.7. The van der Waals surface area contributed by atoms with E-state index in [1.165, 1.54) is 0 Å². The van der Waals surface area contributed by atoms with Crippen molar-refractivity contribution in [1.82, 2.24) is 5.43 Å². The van der Waals surface area contributed by atoms with Crippen molar-refractivity contribution in [3.63, 3.8) is 0 Å². The van der Waals surface area contributed by atoms with Crippen molar-refractivity contribution in [3.8, 4) is 5.75 Å². The monoisotopic (exact) mass is 407 g/mol. The number of hydrogen-bond acceptors (Lipinski definition) is 4. The first-order valence-electron chi connectivity index (χ1n) is 8.10. The maximum absolute atomic E-state index is 12.0. The fraction of sp³-hybridized carbons (Fsp3) is 0.211. The highest BCUT2D eigenvalue weighted by molar-refractivity contribution is 6.42. The van der Waals surface area contributed by atoms with Gasteiger partial charge < -0.3 is 10.1 Å². The highest BCUT2D eigenvalue weighted by atomic mass is 35.5. The van der Waals surface area contributed by atoms with Gasteiger partial charge in [0.15, 0.2) is 6.61 Å². The number of ether oxygens (including phenoxy) is 1. The average Bonchev–Trinajstić information content (AvgIpc) is 2.62. The Morgan fingerprint density at radius 3 is 2.52 bits per heavy atom. The molecule has 0 saturated carbocycles. The summed E-state index contributed by atoms with van der Waals surface area (Å²) in [6, 6.07) is 12.2. The SMILES string of the molecule is CC(CC(=O)Nc1ccc(Cl)c(Cl)c1)=NNC(=O)COc1ccccc1C. The van der Waals surface area contributed by atoms with Crippen LogP contribution in [0, 0.1) is 6.92 Å². The third-order valence-electron chi connectivity index (χ3n) is 3.44. The number of halogens is 2. The van der Waals surface area contributed by atoms with E-state index in [0.717, 1.165) is 5.56 Å². The number of hydrogen-bond donors (Lipinski definition) is 2. The van der Waals surface area contributed by atoms with Crippen LogP contribution < -0.4 is 15.5 Å². The minimum atomic E-state index is -0.414. The second kappa shape index (κ2) is 9.94. The smallest absolute Gasteiger partial charge is 0.277 e. The average molecular weight is 408 g/mol. The van der Waals surface area contributed by atoms with Gasteiger partial charge in [-0.05, 0) is 43.7 Å². The molecule has 142 valence electrons. The van der Waals surface area contributed by atoms with Crippen LogP contribution in [0.15, 0.2) is 47.6 Å². The number of benzene rings is 2. The van der Waals surface area contributed by atoms with Gasteiger partial charge in [-0.15, -0.1) is 0 Å². The molecule has 2 amide bonds. The zero-order chi connectivity index (χ0) is 19.8. The molecular weight excluding hydrogens is 389 g/mol. The molecule has 2 aromatic rings. The number of nitrogens with one attached hydrogen (secondary N) is 2. The van der Waals surface area contributed by atoms with Crippen molar-refractivity contribution < 1.29 is 14.3 Å². The minimum Gasteiger partial charge on any atom is -0.483 e. The van der Waals surface area contributed by atoms with Gasteiger partial charge in [0, 0.05) is 11.4 Å². The Morgan fingerprint density at radius 1 is 1.07 bits per heavy atom. The third-order valence-corrected chi connectivity index (χ3v) is 4.18. The van der Waals surface area contributed by atoms with Gasteiger partial charge in [-0.2, -0.15) is 5.10 Å². The number of aryl methyl sites for hydroxylation is 1. The van der Waals surface area contributed by atoms with Gasteiger partial charge in [-0.25, -0.2) is 5.43 Å². The topological polar surface area (TPSA) is 79.8 Å². The van der Waals surface area contributed by atoms with Gasteiger partial charge >= 0.3 is 0 Å². The molecule has 2 N–H and O–H groups in total. The van der Waals surface area contributed by atoms with Crippen LogP contribution >= 0.6 is 23.2 Å². The standard InChI is InChI=1S/C19H19Cl2N3O3/c1-12-5-3-4-6-17(12)27-11-19(26)24-23-13(2)9-18(25)22-14-7-8-15(20)16(21)10-14/h3-8,10H,9,11H2,1-2H3,(H,22,25)(H,24,26). The molecule has 27 heavy (non-hydrogen) atoms. The van der Waals surface area contributed by atoms with E-state index in [0.29, 0.717) is 27.2 Å². The van der Waals surface area contributed by atoms with E-state index in [1.54, 1.807) is 31.2 Å². The fourth-order valence-electron chi connectivity index (χ4n) is 2.10. The lowest BCUT2D eigenvalue weighted by Crippen LogP contribution is -2.26. The van der Waals surface area contributed by atoms with Crippen LogP contribution in [0.25, 0.3) is 0 Å². The van der Waals surface area contributed by atoms with Gasteiger partial charge in [0.1, 0.15) is 5.75 Å². The first-order chi connectivity index (χ1) is 12.8. The van der Waals surface area contributed by atoms with Gasteiger partial charge in [0.25, 0.3) is 5.91 Å². The van der Waals surface area contributed by atoms with E-state index in [-0.39, 0.29) is 18.9 Å². The second-order valence-electron chi connectivity index (χ2n) is 5.79. The van der Waals surface area contributed by atoms with Crippen LogP contribution in [-0.2, 0) is 9.59 Å². The summed E-state index contributed by atoms with van der Waals surface area (Å²) in [6.45, 7) is 3.36. The molecule has 8 heteroatoms. The number of hydrazone groups is 1.